The first-order chi connectivity index (χ1) is 12.8. The average molecular weight is 395 g/mol. The molecule has 1 heterocycles. The number of hydrogen-bond acceptors (Lipinski definition) is 4. The van der Waals surface area contributed by atoms with Crippen molar-refractivity contribution >= 4 is 21.7 Å². The van der Waals surface area contributed by atoms with Gasteiger partial charge in [0.2, 0.25) is 5.96 Å². The lowest BCUT2D eigenvalue weighted by molar-refractivity contribution is 0.208. The van der Waals surface area contributed by atoms with Gasteiger partial charge in [0.15, 0.2) is 0 Å². The van der Waals surface area contributed by atoms with Crippen molar-refractivity contribution in [2.24, 2.45) is 4.99 Å². The fourth-order valence-electron chi connectivity index (χ4n) is 2.98. The van der Waals surface area contributed by atoms with Gasteiger partial charge < -0.3 is 10.1 Å². The maximum Gasteiger partial charge on any atom is 0.266 e. The van der Waals surface area contributed by atoms with Crippen molar-refractivity contribution in [1.29, 1.82) is 0 Å². The summed E-state index contributed by atoms with van der Waals surface area (Å²) in [6.45, 7) is 2.13. The Balaban J connectivity index is 2.13. The first-order valence-electron chi connectivity index (χ1n) is 8.25. The van der Waals surface area contributed by atoms with Gasteiger partial charge in [-0.1, -0.05) is 25.1 Å². The average Bonchev–Trinajstić information content (AvgIpc) is 2.61. The standard InChI is InChI=1S/C18H19F2N3O3S/c1-11(12-5-3-4-6-13(12)19)16-14(20)7-8-15-17(16)22-18(21-9-10-26-2)23-27(15,24)25/h3-8,11H,9-10H2,1-2H3,(H2,21,22,23). The van der Waals surface area contributed by atoms with E-state index in [1.165, 1.54) is 25.3 Å². The van der Waals surface area contributed by atoms with Crippen LogP contribution in [0.1, 0.15) is 24.0 Å². The number of anilines is 1. The predicted molar refractivity (Wildman–Crippen MR) is 98.4 cm³/mol. The zero-order valence-electron chi connectivity index (χ0n) is 14.8. The number of hydrogen-bond donors (Lipinski definition) is 2. The smallest absolute Gasteiger partial charge is 0.266 e. The third kappa shape index (κ3) is 3.79. The number of nitrogens with one attached hydrogen (secondary N) is 2. The predicted octanol–water partition coefficient (Wildman–Crippen LogP) is 2.82. The number of guanidine groups is 1. The van der Waals surface area contributed by atoms with E-state index in [1.807, 2.05) is 0 Å². The van der Waals surface area contributed by atoms with Gasteiger partial charge >= 0.3 is 0 Å². The van der Waals surface area contributed by atoms with Gasteiger partial charge in [0, 0.05) is 18.6 Å². The van der Waals surface area contributed by atoms with E-state index in [1.54, 1.807) is 19.1 Å². The molecule has 27 heavy (non-hydrogen) atoms. The lowest BCUT2D eigenvalue weighted by Gasteiger charge is -2.26. The molecule has 1 aliphatic rings. The van der Waals surface area contributed by atoms with Gasteiger partial charge in [0.1, 0.15) is 16.5 Å². The molecule has 0 aromatic heterocycles. The highest BCUT2D eigenvalue weighted by atomic mass is 32.2. The minimum atomic E-state index is -3.94. The van der Waals surface area contributed by atoms with Crippen molar-refractivity contribution in [2.75, 3.05) is 25.6 Å². The highest BCUT2D eigenvalue weighted by Gasteiger charge is 2.32. The van der Waals surface area contributed by atoms with E-state index < -0.39 is 27.6 Å². The van der Waals surface area contributed by atoms with E-state index in [0.717, 1.165) is 6.07 Å². The molecule has 6 nitrogen and oxygen atoms in total. The second kappa shape index (κ2) is 7.61. The van der Waals surface area contributed by atoms with Crippen LogP contribution in [-0.4, -0.2) is 34.6 Å². The van der Waals surface area contributed by atoms with Crippen molar-refractivity contribution in [1.82, 2.24) is 4.72 Å². The molecule has 9 heteroatoms. The number of methoxy groups -OCH3 is 1. The summed E-state index contributed by atoms with van der Waals surface area (Å²) in [5, 5.41) is 2.83. The van der Waals surface area contributed by atoms with Crippen LogP contribution in [0, 0.1) is 11.6 Å². The van der Waals surface area contributed by atoms with E-state index in [0.29, 0.717) is 6.61 Å². The molecule has 0 amide bonds. The Labute approximate surface area is 156 Å². The molecule has 2 N–H and O–H groups in total. The SMILES string of the molecule is COCCN=C1Nc2c(ccc(F)c2C(C)c2ccccc2F)S(=O)(=O)N1. The van der Waals surface area contributed by atoms with Gasteiger partial charge in [-0.05, 0) is 23.8 Å². The number of ether oxygens (including phenoxy) is 1. The Morgan fingerprint density at radius 2 is 1.89 bits per heavy atom. The van der Waals surface area contributed by atoms with Crippen molar-refractivity contribution in [3.63, 3.8) is 0 Å². The minimum Gasteiger partial charge on any atom is -0.383 e. The minimum absolute atomic E-state index is 0.0351. The summed E-state index contributed by atoms with van der Waals surface area (Å²) < 4.78 is 61.2. The highest BCUT2D eigenvalue weighted by molar-refractivity contribution is 7.90. The van der Waals surface area contributed by atoms with Gasteiger partial charge in [0.05, 0.1) is 18.8 Å². The van der Waals surface area contributed by atoms with Crippen LogP contribution in [0.4, 0.5) is 14.5 Å². The van der Waals surface area contributed by atoms with E-state index >= 15 is 0 Å². The van der Waals surface area contributed by atoms with E-state index in [-0.39, 0.29) is 34.2 Å². The van der Waals surface area contributed by atoms with Crippen LogP contribution < -0.4 is 10.0 Å². The molecule has 0 radical (unpaired) electrons. The van der Waals surface area contributed by atoms with Gasteiger partial charge in [-0.2, -0.15) is 0 Å². The van der Waals surface area contributed by atoms with Crippen molar-refractivity contribution < 1.29 is 21.9 Å². The Kier molecular flexibility index (Phi) is 5.43. The lowest BCUT2D eigenvalue weighted by atomic mass is 9.91. The van der Waals surface area contributed by atoms with E-state index in [9.17, 15) is 17.2 Å². The zero-order chi connectivity index (χ0) is 19.6. The topological polar surface area (TPSA) is 79.8 Å². The molecular formula is C18H19F2N3O3S. The normalized spacial score (nSPS) is 17.7. The number of aliphatic imine (C=N–C) groups is 1. The first-order valence-corrected chi connectivity index (χ1v) is 9.73. The summed E-state index contributed by atoms with van der Waals surface area (Å²) in [5.74, 6) is -1.88. The molecule has 0 aliphatic carbocycles. The molecule has 0 spiro atoms. The Bertz CT molecular complexity index is 993. The quantitative estimate of drug-likeness (QED) is 0.763. The van der Waals surface area contributed by atoms with Gasteiger partial charge in [-0.3, -0.25) is 0 Å². The molecular weight excluding hydrogens is 376 g/mol. The third-order valence-electron chi connectivity index (χ3n) is 4.29. The molecule has 2 aromatic carbocycles. The number of halogens is 2. The third-order valence-corrected chi connectivity index (χ3v) is 5.67. The Morgan fingerprint density at radius 3 is 2.59 bits per heavy atom. The summed E-state index contributed by atoms with van der Waals surface area (Å²) in [6.07, 6.45) is 0. The summed E-state index contributed by atoms with van der Waals surface area (Å²) in [7, 11) is -2.44. The Hall–Kier alpha value is -2.52. The molecule has 144 valence electrons. The second-order valence-corrected chi connectivity index (χ2v) is 7.68. The number of rotatable bonds is 5. The lowest BCUT2D eigenvalue weighted by Crippen LogP contribution is -2.41. The molecule has 0 saturated heterocycles. The molecule has 2 aromatic rings. The van der Waals surface area contributed by atoms with Crippen molar-refractivity contribution in [2.45, 2.75) is 17.7 Å². The molecule has 3 rings (SSSR count). The largest absolute Gasteiger partial charge is 0.383 e. The molecule has 0 fully saturated rings. The van der Waals surface area contributed by atoms with Crippen LogP contribution >= 0.6 is 0 Å². The van der Waals surface area contributed by atoms with Gasteiger partial charge in [-0.15, -0.1) is 0 Å². The van der Waals surface area contributed by atoms with Crippen LogP contribution in [0.3, 0.4) is 0 Å². The number of sulfonamides is 1. The van der Waals surface area contributed by atoms with Crippen LogP contribution in [0.2, 0.25) is 0 Å². The Morgan fingerprint density at radius 1 is 1.15 bits per heavy atom. The molecule has 1 unspecified atom stereocenters. The number of benzene rings is 2. The number of nitrogens with zero attached hydrogens (tertiary/aromatic N) is 1. The van der Waals surface area contributed by atoms with Crippen LogP contribution in [-0.2, 0) is 14.8 Å². The highest BCUT2D eigenvalue weighted by Crippen LogP contribution is 2.38. The van der Waals surface area contributed by atoms with Crippen LogP contribution in [0.5, 0.6) is 0 Å². The molecule has 1 atom stereocenters. The summed E-state index contributed by atoms with van der Waals surface area (Å²) in [6, 6.07) is 8.24. The van der Waals surface area contributed by atoms with Crippen molar-refractivity contribution in [3.8, 4) is 0 Å². The fraction of sp³-hybridized carbons (Fsp3) is 0.278. The molecule has 0 bridgehead atoms. The second-order valence-electron chi connectivity index (χ2n) is 6.03. The summed E-state index contributed by atoms with van der Waals surface area (Å²) in [5.41, 5.74) is 0.378. The number of fused-ring (bicyclic) bond motifs is 1. The molecule has 0 saturated carbocycles. The summed E-state index contributed by atoms with van der Waals surface area (Å²) in [4.78, 5) is 3.96. The van der Waals surface area contributed by atoms with Gasteiger partial charge in [-0.25, -0.2) is 26.9 Å². The maximum atomic E-state index is 14.7. The van der Waals surface area contributed by atoms with E-state index in [2.05, 4.69) is 15.0 Å². The molecule has 1 aliphatic heterocycles. The van der Waals surface area contributed by atoms with Crippen molar-refractivity contribution in [3.05, 3.63) is 59.2 Å². The zero-order valence-corrected chi connectivity index (χ0v) is 15.6. The maximum absolute atomic E-state index is 14.7. The van der Waals surface area contributed by atoms with Gasteiger partial charge in [0.25, 0.3) is 10.0 Å². The van der Waals surface area contributed by atoms with Crippen LogP contribution in [0.25, 0.3) is 0 Å². The van der Waals surface area contributed by atoms with E-state index in [4.69, 9.17) is 4.74 Å². The van der Waals surface area contributed by atoms with Crippen LogP contribution in [0.15, 0.2) is 46.3 Å². The monoisotopic (exact) mass is 395 g/mol. The summed E-state index contributed by atoms with van der Waals surface area (Å²) >= 11 is 0. The fourth-order valence-corrected chi connectivity index (χ4v) is 4.14. The first kappa shape index (κ1) is 19.2.